The van der Waals surface area contributed by atoms with Gasteiger partial charge in [-0.2, -0.15) is 13.2 Å². The molecule has 3 aromatic rings. The van der Waals surface area contributed by atoms with Gasteiger partial charge >= 0.3 is 6.18 Å². The fourth-order valence-corrected chi connectivity index (χ4v) is 4.16. The average molecular weight is 387 g/mol. The number of rotatable bonds is 1. The number of carbonyl (C=O) groups excluding carboxylic acids is 1. The molecule has 0 aliphatic carbocycles. The van der Waals surface area contributed by atoms with Crippen molar-refractivity contribution >= 4 is 38.9 Å². The van der Waals surface area contributed by atoms with Crippen LogP contribution < -0.4 is 0 Å². The Bertz CT molecular complexity index is 981. The van der Waals surface area contributed by atoms with Crippen LogP contribution in [0.25, 0.3) is 10.1 Å². The Hall–Kier alpha value is -2.13. The molecule has 0 radical (unpaired) electrons. The third-order valence-electron chi connectivity index (χ3n) is 4.00. The van der Waals surface area contributed by atoms with Gasteiger partial charge in [0.05, 0.1) is 21.1 Å². The molecule has 3 heterocycles. The van der Waals surface area contributed by atoms with Gasteiger partial charge in [-0.25, -0.2) is 0 Å². The van der Waals surface area contributed by atoms with Gasteiger partial charge in [-0.3, -0.25) is 4.79 Å². The zero-order valence-corrected chi connectivity index (χ0v) is 14.1. The molecule has 0 saturated heterocycles. The second kappa shape index (κ2) is 5.70. The Morgan fingerprint density at radius 3 is 2.76 bits per heavy atom. The Morgan fingerprint density at radius 2 is 2.04 bits per heavy atom. The van der Waals surface area contributed by atoms with E-state index >= 15 is 0 Å². The molecule has 4 rings (SSSR count). The second-order valence-electron chi connectivity index (χ2n) is 5.58. The van der Waals surface area contributed by atoms with Gasteiger partial charge in [0, 0.05) is 13.1 Å². The Kier molecular flexibility index (Phi) is 3.73. The topological polar surface area (TPSA) is 51.0 Å². The largest absolute Gasteiger partial charge is 0.451 e. The van der Waals surface area contributed by atoms with Crippen LogP contribution in [-0.2, 0) is 19.3 Å². The number of fused-ring (bicyclic) bond motifs is 2. The van der Waals surface area contributed by atoms with Crippen LogP contribution in [0.4, 0.5) is 13.2 Å². The van der Waals surface area contributed by atoms with E-state index in [0.29, 0.717) is 9.90 Å². The highest BCUT2D eigenvalue weighted by Gasteiger charge is 2.40. The molecule has 0 spiro atoms. The standard InChI is InChI=1S/C15H10ClF3N4OS/c16-9-3-1-2-8-6-10(25-12(8)9)13(24)22-4-5-23-11(7-22)20-21-14(23)15(17,18)19/h1-3,6H,4-5,7H2. The van der Waals surface area contributed by atoms with Crippen molar-refractivity contribution in [3.63, 3.8) is 0 Å². The van der Waals surface area contributed by atoms with Crippen LogP contribution in [0.5, 0.6) is 0 Å². The van der Waals surface area contributed by atoms with E-state index < -0.39 is 12.0 Å². The quantitative estimate of drug-likeness (QED) is 0.639. The van der Waals surface area contributed by atoms with E-state index in [9.17, 15) is 18.0 Å². The third-order valence-corrected chi connectivity index (χ3v) is 5.60. The molecule has 25 heavy (non-hydrogen) atoms. The summed E-state index contributed by atoms with van der Waals surface area (Å²) in [5, 5.41) is 8.23. The summed E-state index contributed by atoms with van der Waals surface area (Å²) in [6.45, 7) is 0.160. The minimum Gasteiger partial charge on any atom is -0.329 e. The molecule has 0 bridgehead atoms. The minimum absolute atomic E-state index is 0.00850. The van der Waals surface area contributed by atoms with Crippen LogP contribution in [0, 0.1) is 0 Å². The first-order chi connectivity index (χ1) is 11.8. The van der Waals surface area contributed by atoms with Gasteiger partial charge in [0.2, 0.25) is 5.82 Å². The number of halogens is 4. The molecule has 0 fully saturated rings. The maximum absolute atomic E-state index is 12.9. The summed E-state index contributed by atoms with van der Waals surface area (Å²) in [5.41, 5.74) is 0. The van der Waals surface area contributed by atoms with Crippen molar-refractivity contribution in [3.8, 4) is 0 Å². The summed E-state index contributed by atoms with van der Waals surface area (Å²) in [6, 6.07) is 7.15. The molecule has 0 N–H and O–H groups in total. The van der Waals surface area contributed by atoms with E-state index in [-0.39, 0.29) is 31.4 Å². The molecular weight excluding hydrogens is 377 g/mol. The lowest BCUT2D eigenvalue weighted by Gasteiger charge is -2.27. The number of hydrogen-bond donors (Lipinski definition) is 0. The van der Waals surface area contributed by atoms with Crippen LogP contribution in [0.1, 0.15) is 21.3 Å². The fraction of sp³-hybridized carbons (Fsp3) is 0.267. The predicted octanol–water partition coefficient (Wildman–Crippen LogP) is 3.82. The minimum atomic E-state index is -4.56. The highest BCUT2D eigenvalue weighted by atomic mass is 35.5. The summed E-state index contributed by atoms with van der Waals surface area (Å²) in [6.07, 6.45) is -4.56. The maximum Gasteiger partial charge on any atom is 0.451 e. The van der Waals surface area contributed by atoms with E-state index in [2.05, 4.69) is 10.2 Å². The van der Waals surface area contributed by atoms with Crippen LogP contribution in [0.3, 0.4) is 0 Å². The fourth-order valence-electron chi connectivity index (χ4n) is 2.83. The van der Waals surface area contributed by atoms with Crippen LogP contribution in [-0.4, -0.2) is 32.1 Å². The maximum atomic E-state index is 12.9. The van der Waals surface area contributed by atoms with E-state index in [1.807, 2.05) is 6.07 Å². The predicted molar refractivity (Wildman–Crippen MR) is 86.6 cm³/mol. The summed E-state index contributed by atoms with van der Waals surface area (Å²) >= 11 is 7.40. The number of aromatic nitrogens is 3. The Labute approximate surface area is 148 Å². The van der Waals surface area contributed by atoms with E-state index in [0.717, 1.165) is 14.7 Å². The normalized spacial score (nSPS) is 14.8. The summed E-state index contributed by atoms with van der Waals surface area (Å²) in [4.78, 5) is 14.7. The first-order valence-corrected chi connectivity index (χ1v) is 8.50. The van der Waals surface area contributed by atoms with Gasteiger partial charge in [-0.15, -0.1) is 21.5 Å². The van der Waals surface area contributed by atoms with Crippen molar-refractivity contribution < 1.29 is 18.0 Å². The van der Waals surface area contributed by atoms with Crippen molar-refractivity contribution in [1.82, 2.24) is 19.7 Å². The highest BCUT2D eigenvalue weighted by molar-refractivity contribution is 7.21. The monoisotopic (exact) mass is 386 g/mol. The van der Waals surface area contributed by atoms with Crippen LogP contribution in [0.15, 0.2) is 24.3 Å². The highest BCUT2D eigenvalue weighted by Crippen LogP contribution is 2.33. The first-order valence-electron chi connectivity index (χ1n) is 7.31. The van der Waals surface area contributed by atoms with Crippen molar-refractivity contribution in [1.29, 1.82) is 0 Å². The third kappa shape index (κ3) is 2.77. The SMILES string of the molecule is O=C(c1cc2cccc(Cl)c2s1)N1CCn2c(nnc2C(F)(F)F)C1. The molecule has 1 aliphatic rings. The van der Waals surface area contributed by atoms with Crippen LogP contribution >= 0.6 is 22.9 Å². The number of amides is 1. The zero-order valence-electron chi connectivity index (χ0n) is 12.5. The van der Waals surface area contributed by atoms with Gasteiger partial charge in [-0.1, -0.05) is 23.7 Å². The van der Waals surface area contributed by atoms with Gasteiger partial charge in [0.15, 0.2) is 5.82 Å². The van der Waals surface area contributed by atoms with E-state index in [1.54, 1.807) is 18.2 Å². The number of benzene rings is 1. The average Bonchev–Trinajstić information content (AvgIpc) is 3.17. The van der Waals surface area contributed by atoms with Crippen molar-refractivity contribution in [2.75, 3.05) is 6.54 Å². The molecule has 0 unspecified atom stereocenters. The number of nitrogens with zero attached hydrogens (tertiary/aromatic N) is 4. The lowest BCUT2D eigenvalue weighted by Crippen LogP contribution is -2.39. The molecule has 0 atom stereocenters. The second-order valence-corrected chi connectivity index (χ2v) is 7.04. The molecule has 130 valence electrons. The molecule has 0 saturated carbocycles. The Balaban J connectivity index is 1.62. The molecule has 1 aliphatic heterocycles. The summed E-state index contributed by atoms with van der Waals surface area (Å²) in [5.74, 6) is -1.14. The zero-order chi connectivity index (χ0) is 17.8. The van der Waals surface area contributed by atoms with Gasteiger partial charge in [0.25, 0.3) is 5.91 Å². The van der Waals surface area contributed by atoms with Crippen molar-refractivity contribution in [2.24, 2.45) is 0 Å². The van der Waals surface area contributed by atoms with Gasteiger partial charge in [-0.05, 0) is 17.5 Å². The number of hydrogen-bond acceptors (Lipinski definition) is 4. The molecular formula is C15H10ClF3N4OS. The number of thiophene rings is 1. The lowest BCUT2D eigenvalue weighted by atomic mass is 10.2. The molecule has 2 aromatic heterocycles. The Morgan fingerprint density at radius 1 is 1.24 bits per heavy atom. The molecule has 1 amide bonds. The van der Waals surface area contributed by atoms with Gasteiger partial charge < -0.3 is 9.47 Å². The van der Waals surface area contributed by atoms with Crippen molar-refractivity contribution in [2.45, 2.75) is 19.3 Å². The number of alkyl halides is 3. The number of carbonyl (C=O) groups is 1. The lowest BCUT2D eigenvalue weighted by molar-refractivity contribution is -0.147. The van der Waals surface area contributed by atoms with E-state index in [4.69, 9.17) is 11.6 Å². The van der Waals surface area contributed by atoms with Gasteiger partial charge in [0.1, 0.15) is 0 Å². The van der Waals surface area contributed by atoms with E-state index in [1.165, 1.54) is 16.2 Å². The first kappa shape index (κ1) is 16.3. The summed E-state index contributed by atoms with van der Waals surface area (Å²) < 4.78 is 40.4. The smallest absolute Gasteiger partial charge is 0.329 e. The summed E-state index contributed by atoms with van der Waals surface area (Å²) in [7, 11) is 0. The van der Waals surface area contributed by atoms with Crippen LogP contribution in [0.2, 0.25) is 5.02 Å². The molecule has 5 nitrogen and oxygen atoms in total. The molecule has 10 heteroatoms. The van der Waals surface area contributed by atoms with Crippen molar-refractivity contribution in [3.05, 3.63) is 45.8 Å². The molecule has 1 aromatic carbocycles.